The smallest absolute Gasteiger partial charge is 0.173 e. The maximum absolute atomic E-state index is 11.7. The zero-order chi connectivity index (χ0) is 10.3. The minimum absolute atomic E-state index is 0.0357. The van der Waals surface area contributed by atoms with Gasteiger partial charge < -0.3 is 0 Å². The van der Waals surface area contributed by atoms with Crippen LogP contribution in [0.15, 0.2) is 17.1 Å². The molecule has 14 heavy (non-hydrogen) atoms. The molecule has 2 nitrogen and oxygen atoms in total. The number of carbonyl (C=O) groups is 1. The SMILES string of the molecule is CC1C=Nc2cc(Cl)c(Cl)cc2C1=O. The number of aliphatic imine (C=N–C) groups is 1. The molecule has 0 fully saturated rings. The van der Waals surface area contributed by atoms with Gasteiger partial charge in [0.2, 0.25) is 0 Å². The van der Waals surface area contributed by atoms with E-state index in [1.54, 1.807) is 25.3 Å². The highest BCUT2D eigenvalue weighted by molar-refractivity contribution is 6.42. The van der Waals surface area contributed by atoms with Gasteiger partial charge in [0.25, 0.3) is 0 Å². The Morgan fingerprint density at radius 2 is 1.93 bits per heavy atom. The van der Waals surface area contributed by atoms with Crippen molar-refractivity contribution in [3.63, 3.8) is 0 Å². The van der Waals surface area contributed by atoms with Gasteiger partial charge in [-0.3, -0.25) is 9.79 Å². The lowest BCUT2D eigenvalue weighted by atomic mass is 9.96. The van der Waals surface area contributed by atoms with Gasteiger partial charge in [-0.25, -0.2) is 0 Å². The first-order valence-corrected chi connectivity index (χ1v) is 4.92. The number of benzene rings is 1. The van der Waals surface area contributed by atoms with Gasteiger partial charge in [0, 0.05) is 11.8 Å². The fourth-order valence-electron chi connectivity index (χ4n) is 1.35. The van der Waals surface area contributed by atoms with Crippen LogP contribution in [-0.2, 0) is 0 Å². The van der Waals surface area contributed by atoms with Crippen LogP contribution in [0.2, 0.25) is 10.0 Å². The fourth-order valence-corrected chi connectivity index (χ4v) is 1.67. The zero-order valence-electron chi connectivity index (χ0n) is 7.42. The van der Waals surface area contributed by atoms with Crippen LogP contribution in [0.1, 0.15) is 17.3 Å². The maximum atomic E-state index is 11.7. The molecule has 1 aromatic rings. The van der Waals surface area contributed by atoms with Crippen molar-refractivity contribution in [2.24, 2.45) is 10.9 Å². The minimum Gasteiger partial charge on any atom is -0.293 e. The van der Waals surface area contributed by atoms with E-state index in [1.807, 2.05) is 0 Å². The van der Waals surface area contributed by atoms with Gasteiger partial charge in [-0.15, -0.1) is 0 Å². The second kappa shape index (κ2) is 3.37. The monoisotopic (exact) mass is 227 g/mol. The van der Waals surface area contributed by atoms with Gasteiger partial charge in [0.05, 0.1) is 21.7 Å². The van der Waals surface area contributed by atoms with E-state index < -0.39 is 0 Å². The summed E-state index contributed by atoms with van der Waals surface area (Å²) >= 11 is 11.6. The van der Waals surface area contributed by atoms with E-state index in [1.165, 1.54) is 0 Å². The summed E-state index contributed by atoms with van der Waals surface area (Å²) in [6, 6.07) is 3.19. The zero-order valence-corrected chi connectivity index (χ0v) is 8.93. The summed E-state index contributed by atoms with van der Waals surface area (Å²) in [6.07, 6.45) is 1.62. The normalized spacial score (nSPS) is 19.6. The Labute approximate surface area is 91.5 Å². The lowest BCUT2D eigenvalue weighted by molar-refractivity contribution is 0.0962. The molecule has 0 aliphatic carbocycles. The maximum Gasteiger partial charge on any atom is 0.173 e. The van der Waals surface area contributed by atoms with E-state index in [9.17, 15) is 4.79 Å². The molecule has 72 valence electrons. The average molecular weight is 228 g/mol. The molecule has 0 saturated heterocycles. The second-order valence-electron chi connectivity index (χ2n) is 3.21. The van der Waals surface area contributed by atoms with Crippen LogP contribution in [0, 0.1) is 5.92 Å². The number of halogens is 2. The summed E-state index contributed by atoms with van der Waals surface area (Å²) in [7, 11) is 0. The fraction of sp³-hybridized carbons (Fsp3) is 0.200. The molecule has 1 aromatic carbocycles. The molecule has 2 rings (SSSR count). The molecule has 0 N–H and O–H groups in total. The van der Waals surface area contributed by atoms with Crippen LogP contribution in [0.4, 0.5) is 5.69 Å². The van der Waals surface area contributed by atoms with Crippen molar-refractivity contribution < 1.29 is 4.79 Å². The standard InChI is InChI=1S/C10H7Cl2NO/c1-5-4-13-9-3-8(12)7(11)2-6(9)10(5)14/h2-5H,1H3. The van der Waals surface area contributed by atoms with Gasteiger partial charge in [-0.1, -0.05) is 30.1 Å². The highest BCUT2D eigenvalue weighted by atomic mass is 35.5. The number of ketones is 1. The first kappa shape index (κ1) is 9.69. The third-order valence-electron chi connectivity index (χ3n) is 2.15. The Balaban J connectivity index is 2.64. The van der Waals surface area contributed by atoms with E-state index in [0.29, 0.717) is 21.3 Å². The van der Waals surface area contributed by atoms with Gasteiger partial charge >= 0.3 is 0 Å². The van der Waals surface area contributed by atoms with Crippen LogP contribution < -0.4 is 0 Å². The Kier molecular flexibility index (Phi) is 2.33. The summed E-state index contributed by atoms with van der Waals surface area (Å²) < 4.78 is 0. The molecule has 1 atom stereocenters. The van der Waals surface area contributed by atoms with Gasteiger partial charge in [0.15, 0.2) is 5.78 Å². The molecular weight excluding hydrogens is 221 g/mol. The Bertz CT molecular complexity index is 440. The summed E-state index contributed by atoms with van der Waals surface area (Å²) in [5.74, 6) is -0.145. The molecule has 0 aromatic heterocycles. The van der Waals surface area contributed by atoms with E-state index in [0.717, 1.165) is 0 Å². The largest absolute Gasteiger partial charge is 0.293 e. The lowest BCUT2D eigenvalue weighted by Gasteiger charge is -2.14. The van der Waals surface area contributed by atoms with Crippen molar-refractivity contribution in [2.45, 2.75) is 6.92 Å². The average Bonchev–Trinajstić information content (AvgIpc) is 2.15. The molecule has 0 saturated carbocycles. The third-order valence-corrected chi connectivity index (χ3v) is 2.88. The number of fused-ring (bicyclic) bond motifs is 1. The van der Waals surface area contributed by atoms with Crippen LogP contribution in [0.3, 0.4) is 0 Å². The molecule has 0 spiro atoms. The molecule has 1 aliphatic heterocycles. The van der Waals surface area contributed by atoms with Crippen molar-refractivity contribution in [1.82, 2.24) is 0 Å². The number of hydrogen-bond acceptors (Lipinski definition) is 2. The van der Waals surface area contributed by atoms with E-state index >= 15 is 0 Å². The van der Waals surface area contributed by atoms with Crippen molar-refractivity contribution in [3.8, 4) is 0 Å². The Morgan fingerprint density at radius 1 is 1.29 bits per heavy atom. The van der Waals surface area contributed by atoms with Gasteiger partial charge in [-0.2, -0.15) is 0 Å². The predicted octanol–water partition coefficient (Wildman–Crippen LogP) is 3.53. The number of nitrogens with zero attached hydrogens (tertiary/aromatic N) is 1. The summed E-state index contributed by atoms with van der Waals surface area (Å²) in [5.41, 5.74) is 1.15. The topological polar surface area (TPSA) is 29.4 Å². The van der Waals surface area contributed by atoms with E-state index in [-0.39, 0.29) is 11.7 Å². The summed E-state index contributed by atoms with van der Waals surface area (Å²) in [4.78, 5) is 15.8. The Hall–Kier alpha value is -0.860. The molecular formula is C10H7Cl2NO. The summed E-state index contributed by atoms with van der Waals surface area (Å²) in [6.45, 7) is 1.80. The molecule has 0 amide bonds. The number of rotatable bonds is 0. The highest BCUT2D eigenvalue weighted by Gasteiger charge is 2.22. The van der Waals surface area contributed by atoms with Crippen LogP contribution >= 0.6 is 23.2 Å². The van der Waals surface area contributed by atoms with Crippen LogP contribution in [-0.4, -0.2) is 12.0 Å². The highest BCUT2D eigenvalue weighted by Crippen LogP contribution is 2.33. The molecule has 0 radical (unpaired) electrons. The Morgan fingerprint density at radius 3 is 2.64 bits per heavy atom. The third kappa shape index (κ3) is 1.45. The lowest BCUT2D eigenvalue weighted by Crippen LogP contribution is -2.16. The van der Waals surface area contributed by atoms with Crippen molar-refractivity contribution in [2.75, 3.05) is 0 Å². The second-order valence-corrected chi connectivity index (χ2v) is 4.03. The van der Waals surface area contributed by atoms with Crippen molar-refractivity contribution >= 4 is 40.9 Å². The van der Waals surface area contributed by atoms with Gasteiger partial charge in [0.1, 0.15) is 0 Å². The van der Waals surface area contributed by atoms with Crippen LogP contribution in [0.5, 0.6) is 0 Å². The first-order chi connectivity index (χ1) is 6.59. The molecule has 4 heteroatoms. The van der Waals surface area contributed by atoms with Gasteiger partial charge in [-0.05, 0) is 12.1 Å². The van der Waals surface area contributed by atoms with E-state index in [2.05, 4.69) is 4.99 Å². The summed E-state index contributed by atoms with van der Waals surface area (Å²) in [5, 5.41) is 0.813. The van der Waals surface area contributed by atoms with E-state index in [4.69, 9.17) is 23.2 Å². The van der Waals surface area contributed by atoms with Crippen molar-refractivity contribution in [1.29, 1.82) is 0 Å². The molecule has 1 unspecified atom stereocenters. The molecule has 1 heterocycles. The van der Waals surface area contributed by atoms with Crippen LogP contribution in [0.25, 0.3) is 0 Å². The predicted molar refractivity (Wildman–Crippen MR) is 58.1 cm³/mol. The molecule has 0 bridgehead atoms. The number of hydrogen-bond donors (Lipinski definition) is 0. The molecule has 1 aliphatic rings. The number of Topliss-reactive ketones (excluding diaryl/α,β-unsaturated/α-hetero) is 1. The first-order valence-electron chi connectivity index (χ1n) is 4.17. The minimum atomic E-state index is -0.181. The number of carbonyl (C=O) groups excluding carboxylic acids is 1. The quantitative estimate of drug-likeness (QED) is 0.667. The van der Waals surface area contributed by atoms with Crippen molar-refractivity contribution in [3.05, 3.63) is 27.7 Å².